The molecule has 0 radical (unpaired) electrons. The van der Waals surface area contributed by atoms with Gasteiger partial charge in [-0.1, -0.05) is 29.8 Å². The van der Waals surface area contributed by atoms with E-state index < -0.39 is 21.2 Å². The van der Waals surface area contributed by atoms with E-state index >= 15 is 0 Å². The van der Waals surface area contributed by atoms with Crippen molar-refractivity contribution >= 4 is 33.2 Å². The van der Waals surface area contributed by atoms with Crippen molar-refractivity contribution in [2.45, 2.75) is 81.2 Å². The molecule has 1 fully saturated rings. The second-order valence-electron chi connectivity index (χ2n) is 13.4. The smallest absolute Gasteiger partial charge is 0.264 e. The van der Waals surface area contributed by atoms with Crippen molar-refractivity contribution in [1.29, 1.82) is 0 Å². The first-order chi connectivity index (χ1) is 21.6. The number of nitrogens with one attached hydrogen (secondary N) is 1. The van der Waals surface area contributed by atoms with Crippen LogP contribution in [0.1, 0.15) is 73.4 Å². The number of allylic oxidation sites excluding steroid dienone is 1. The molecule has 2 heterocycles. The van der Waals surface area contributed by atoms with E-state index in [0.717, 1.165) is 55.9 Å². The number of ether oxygens (including phenoxy) is 3. The summed E-state index contributed by atoms with van der Waals surface area (Å²) in [6, 6.07) is 11.5. The van der Waals surface area contributed by atoms with E-state index in [4.69, 9.17) is 25.8 Å². The van der Waals surface area contributed by atoms with Gasteiger partial charge < -0.3 is 19.1 Å². The predicted molar refractivity (Wildman–Crippen MR) is 177 cm³/mol. The summed E-state index contributed by atoms with van der Waals surface area (Å²) in [5.74, 6) is 0.823. The van der Waals surface area contributed by atoms with Crippen molar-refractivity contribution in [3.63, 3.8) is 0 Å². The molecule has 2 aliphatic carbocycles. The highest BCUT2D eigenvalue weighted by atomic mass is 35.5. The fourth-order valence-corrected chi connectivity index (χ4v) is 9.55. The van der Waals surface area contributed by atoms with E-state index in [2.05, 4.69) is 27.8 Å². The summed E-state index contributed by atoms with van der Waals surface area (Å²) >= 11 is 6.42. The summed E-state index contributed by atoms with van der Waals surface area (Å²) in [6.45, 7) is 3.88. The van der Waals surface area contributed by atoms with E-state index in [0.29, 0.717) is 42.6 Å². The molecule has 6 rings (SSSR count). The van der Waals surface area contributed by atoms with E-state index in [1.165, 1.54) is 11.1 Å². The number of carbonyl (C=O) groups excluding carboxylic acids is 1. The first-order valence-electron chi connectivity index (χ1n) is 16.2. The standard InChI is InChI=1S/C35H45ClN2O6S/c1-23(42-2)17-28-8-4-5-9-32(43-3)29-13-10-26(29)20-38-21-35(16-6-7-24-18-27(36)12-14-30(24)35)22-44-33-15-11-25(19-31(33)38)34(39)37-45(28,40)41/h5,9,11-12,14-15,18-19,23,26,28-29,32H,4,6-8,10,13,16-17,20-22H2,1-3H3,(H,37,39)/b9-5+/t23-,26+,28+,29-,32+,35+/m1/s1. The Hall–Kier alpha value is -2.59. The molecule has 1 saturated carbocycles. The van der Waals surface area contributed by atoms with Crippen LogP contribution >= 0.6 is 11.6 Å². The molecule has 0 saturated heterocycles. The SMILES string of the molecule is CO[C@H](C)C[C@@H]1CC/C=C/[C@H](OC)[C@@H]2CC[C@H]2CN2C[C@@]3(CCCc4cc(Cl)ccc43)COc3ccc(cc32)C(=O)NS1(=O)=O. The highest BCUT2D eigenvalue weighted by Crippen LogP contribution is 2.47. The number of sulfonamides is 1. The third-order valence-corrected chi connectivity index (χ3v) is 12.6. The Morgan fingerprint density at radius 2 is 2.00 bits per heavy atom. The fraction of sp³-hybridized carbons (Fsp3) is 0.571. The van der Waals surface area contributed by atoms with Crippen LogP contribution in [0.4, 0.5) is 5.69 Å². The summed E-state index contributed by atoms with van der Waals surface area (Å²) in [5.41, 5.74) is 3.43. The fourth-order valence-electron chi connectivity index (χ4n) is 7.84. The van der Waals surface area contributed by atoms with E-state index in [1.807, 2.05) is 31.2 Å². The molecule has 2 aromatic carbocycles. The van der Waals surface area contributed by atoms with Gasteiger partial charge in [0.15, 0.2) is 0 Å². The van der Waals surface area contributed by atoms with Crippen molar-refractivity contribution in [1.82, 2.24) is 4.72 Å². The number of rotatable bonds is 4. The maximum atomic E-state index is 13.6. The normalized spacial score (nSPS) is 30.9. The monoisotopic (exact) mass is 656 g/mol. The van der Waals surface area contributed by atoms with E-state index in [9.17, 15) is 13.2 Å². The van der Waals surface area contributed by atoms with Crippen LogP contribution in [0.25, 0.3) is 0 Å². The molecule has 10 heteroatoms. The molecule has 2 bridgehead atoms. The van der Waals surface area contributed by atoms with Gasteiger partial charge >= 0.3 is 0 Å². The lowest BCUT2D eigenvalue weighted by molar-refractivity contribution is 0.0131. The maximum absolute atomic E-state index is 13.6. The molecule has 4 aliphatic rings. The molecule has 1 spiro atoms. The Balaban J connectivity index is 1.41. The number of fused-ring (bicyclic) bond motifs is 4. The Kier molecular flexibility index (Phi) is 9.53. The van der Waals surface area contributed by atoms with Crippen LogP contribution in [0.5, 0.6) is 5.75 Å². The van der Waals surface area contributed by atoms with Crippen LogP contribution in [0.3, 0.4) is 0 Å². The molecule has 6 atom stereocenters. The summed E-state index contributed by atoms with van der Waals surface area (Å²) in [4.78, 5) is 16.0. The van der Waals surface area contributed by atoms with Gasteiger partial charge in [-0.3, -0.25) is 4.79 Å². The highest BCUT2D eigenvalue weighted by Gasteiger charge is 2.44. The second-order valence-corrected chi connectivity index (χ2v) is 15.8. The average Bonchev–Trinajstić information content (AvgIpc) is 3.15. The summed E-state index contributed by atoms with van der Waals surface area (Å²) in [6.07, 6.45) is 10.2. The van der Waals surface area contributed by atoms with Gasteiger partial charge in [-0.2, -0.15) is 0 Å². The molecule has 1 amide bonds. The third kappa shape index (κ3) is 6.64. The van der Waals surface area contributed by atoms with Crippen molar-refractivity contribution in [2.24, 2.45) is 11.8 Å². The lowest BCUT2D eigenvalue weighted by Gasteiger charge is -2.46. The minimum absolute atomic E-state index is 0.0511. The molecular weight excluding hydrogens is 612 g/mol. The molecule has 2 aromatic rings. The van der Waals surface area contributed by atoms with Crippen LogP contribution in [0, 0.1) is 11.8 Å². The van der Waals surface area contributed by atoms with Gasteiger partial charge in [0.05, 0.1) is 29.8 Å². The molecule has 2 aliphatic heterocycles. The van der Waals surface area contributed by atoms with Crippen LogP contribution in [-0.4, -0.2) is 65.7 Å². The van der Waals surface area contributed by atoms with Crippen molar-refractivity contribution < 1.29 is 27.4 Å². The van der Waals surface area contributed by atoms with Crippen molar-refractivity contribution in [3.05, 3.63) is 70.3 Å². The number of nitrogens with zero attached hydrogens (tertiary/aromatic N) is 1. The molecular formula is C35H45ClN2O6S. The van der Waals surface area contributed by atoms with Gasteiger partial charge in [0, 0.05) is 43.3 Å². The predicted octanol–water partition coefficient (Wildman–Crippen LogP) is 6.06. The minimum atomic E-state index is -3.98. The maximum Gasteiger partial charge on any atom is 0.264 e. The first-order valence-corrected chi connectivity index (χ1v) is 18.1. The zero-order valence-corrected chi connectivity index (χ0v) is 28.0. The zero-order valence-electron chi connectivity index (χ0n) is 26.5. The molecule has 8 nitrogen and oxygen atoms in total. The van der Waals surface area contributed by atoms with Crippen LogP contribution in [-0.2, 0) is 31.3 Å². The summed E-state index contributed by atoms with van der Waals surface area (Å²) in [7, 11) is -0.659. The summed E-state index contributed by atoms with van der Waals surface area (Å²) in [5, 5.41) is -0.0408. The van der Waals surface area contributed by atoms with Gasteiger partial charge in [0.1, 0.15) is 5.75 Å². The van der Waals surface area contributed by atoms with Gasteiger partial charge in [0.25, 0.3) is 5.91 Å². The Labute approximate surface area is 272 Å². The van der Waals surface area contributed by atoms with Gasteiger partial charge in [-0.25, -0.2) is 13.1 Å². The second kappa shape index (κ2) is 13.3. The third-order valence-electron chi connectivity index (χ3n) is 10.6. The quantitative estimate of drug-likeness (QED) is 0.400. The number of amides is 1. The Morgan fingerprint density at radius 3 is 2.76 bits per heavy atom. The molecule has 244 valence electrons. The number of halogens is 1. The average molecular weight is 657 g/mol. The number of hydrogen-bond donors (Lipinski definition) is 1. The van der Waals surface area contributed by atoms with Gasteiger partial charge in [0.2, 0.25) is 10.0 Å². The molecule has 0 unspecified atom stereocenters. The minimum Gasteiger partial charge on any atom is -0.490 e. The largest absolute Gasteiger partial charge is 0.490 e. The highest BCUT2D eigenvalue weighted by molar-refractivity contribution is 7.90. The summed E-state index contributed by atoms with van der Waals surface area (Å²) < 4.78 is 47.6. The Bertz CT molecular complexity index is 1550. The van der Waals surface area contributed by atoms with Gasteiger partial charge in [-0.05, 0) is 112 Å². The topological polar surface area (TPSA) is 94.2 Å². The number of aryl methyl sites for hydroxylation is 1. The van der Waals surface area contributed by atoms with Crippen LogP contribution in [0.2, 0.25) is 5.02 Å². The molecule has 1 N–H and O–H groups in total. The first kappa shape index (κ1) is 32.4. The lowest BCUT2D eigenvalue weighted by Crippen LogP contribution is -2.49. The lowest BCUT2D eigenvalue weighted by atomic mass is 9.68. The molecule has 45 heavy (non-hydrogen) atoms. The van der Waals surface area contributed by atoms with Crippen molar-refractivity contribution in [2.75, 3.05) is 38.8 Å². The molecule has 0 aromatic heterocycles. The van der Waals surface area contributed by atoms with Crippen LogP contribution < -0.4 is 14.4 Å². The number of methoxy groups -OCH3 is 2. The van der Waals surface area contributed by atoms with Crippen LogP contribution in [0.15, 0.2) is 48.6 Å². The number of benzene rings is 2. The van der Waals surface area contributed by atoms with Crippen molar-refractivity contribution in [3.8, 4) is 5.75 Å². The Morgan fingerprint density at radius 1 is 1.16 bits per heavy atom. The van der Waals surface area contributed by atoms with Gasteiger partial charge in [-0.15, -0.1) is 0 Å². The number of carbonyl (C=O) groups is 1. The number of hydrogen-bond acceptors (Lipinski definition) is 7. The zero-order chi connectivity index (χ0) is 31.8. The number of anilines is 1. The van der Waals surface area contributed by atoms with E-state index in [1.54, 1.807) is 20.3 Å². The van der Waals surface area contributed by atoms with E-state index in [-0.39, 0.29) is 24.0 Å².